The van der Waals surface area contributed by atoms with Crippen molar-refractivity contribution in [3.05, 3.63) is 16.4 Å². The van der Waals surface area contributed by atoms with Crippen LogP contribution in [0.5, 0.6) is 0 Å². The molecule has 7 heteroatoms. The summed E-state index contributed by atoms with van der Waals surface area (Å²) in [7, 11) is 4.12. The van der Waals surface area contributed by atoms with Crippen LogP contribution in [0.4, 0.5) is 0 Å². The molecule has 1 heterocycles. The summed E-state index contributed by atoms with van der Waals surface area (Å²) in [5, 5.41) is 4.47. The van der Waals surface area contributed by atoms with Crippen molar-refractivity contribution in [1.29, 1.82) is 0 Å². The van der Waals surface area contributed by atoms with Crippen LogP contribution in [0.1, 0.15) is 31.5 Å². The highest BCUT2D eigenvalue weighted by Crippen LogP contribution is 2.41. The maximum atomic E-state index is 5.96. The first kappa shape index (κ1) is 16.9. The normalized spacial score (nSPS) is 18.2. The van der Waals surface area contributed by atoms with Crippen LogP contribution in [0.25, 0.3) is 0 Å². The van der Waals surface area contributed by atoms with Gasteiger partial charge in [-0.25, -0.2) is 5.43 Å². The molecule has 1 aromatic rings. The predicted molar refractivity (Wildman–Crippen MR) is 86.7 cm³/mol. The fourth-order valence-corrected chi connectivity index (χ4v) is 3.15. The van der Waals surface area contributed by atoms with Crippen molar-refractivity contribution >= 4 is 15.9 Å². The molecular formula is C14H26BrN5O. The zero-order chi connectivity index (χ0) is 15.4. The standard InChI is InChI=1S/C14H26BrN5O/c1-4-21-14(10-5-6-10)12(18-16)13-11(15)9-17-20(13)8-7-19(2)3/h9-10,12,14,18H,4-8,16H2,1-3H3. The van der Waals surface area contributed by atoms with Crippen molar-refractivity contribution < 1.29 is 4.74 Å². The Labute approximate surface area is 135 Å². The quantitative estimate of drug-likeness (QED) is 0.516. The van der Waals surface area contributed by atoms with Crippen molar-refractivity contribution in [2.75, 3.05) is 27.2 Å². The summed E-state index contributed by atoms with van der Waals surface area (Å²) in [5.74, 6) is 6.44. The van der Waals surface area contributed by atoms with E-state index in [0.29, 0.717) is 12.5 Å². The van der Waals surface area contributed by atoms with Gasteiger partial charge in [-0.15, -0.1) is 0 Å². The number of hydrogen-bond donors (Lipinski definition) is 2. The molecule has 0 bridgehead atoms. The molecule has 2 rings (SSSR count). The molecule has 0 radical (unpaired) electrons. The minimum atomic E-state index is -0.0449. The average molecular weight is 360 g/mol. The summed E-state index contributed by atoms with van der Waals surface area (Å²) in [5.41, 5.74) is 4.02. The summed E-state index contributed by atoms with van der Waals surface area (Å²) >= 11 is 3.61. The van der Waals surface area contributed by atoms with Crippen molar-refractivity contribution in [1.82, 2.24) is 20.1 Å². The summed E-state index contributed by atoms with van der Waals surface area (Å²) in [6.45, 7) is 4.49. The Balaban J connectivity index is 2.21. The molecule has 0 aromatic carbocycles. The van der Waals surface area contributed by atoms with Crippen LogP contribution in [0.2, 0.25) is 0 Å². The molecule has 1 saturated carbocycles. The van der Waals surface area contributed by atoms with Gasteiger partial charge in [-0.2, -0.15) is 5.10 Å². The first-order chi connectivity index (χ1) is 10.1. The Morgan fingerprint density at radius 2 is 2.29 bits per heavy atom. The molecule has 0 amide bonds. The minimum absolute atomic E-state index is 0.0449. The molecular weight excluding hydrogens is 334 g/mol. The van der Waals surface area contributed by atoms with E-state index in [4.69, 9.17) is 10.6 Å². The Morgan fingerprint density at radius 3 is 2.81 bits per heavy atom. The van der Waals surface area contributed by atoms with Gasteiger partial charge in [0, 0.05) is 13.2 Å². The van der Waals surface area contributed by atoms with E-state index in [9.17, 15) is 0 Å². The van der Waals surface area contributed by atoms with E-state index in [-0.39, 0.29) is 12.1 Å². The number of aromatic nitrogens is 2. The largest absolute Gasteiger partial charge is 0.376 e. The van der Waals surface area contributed by atoms with Crippen LogP contribution in [-0.4, -0.2) is 48.0 Å². The number of ether oxygens (including phenoxy) is 1. The van der Waals surface area contributed by atoms with Gasteiger partial charge in [0.15, 0.2) is 0 Å². The van der Waals surface area contributed by atoms with Crippen LogP contribution < -0.4 is 11.3 Å². The first-order valence-electron chi connectivity index (χ1n) is 7.52. The fourth-order valence-electron chi connectivity index (χ4n) is 2.61. The topological polar surface area (TPSA) is 68.3 Å². The highest BCUT2D eigenvalue weighted by Gasteiger charge is 2.39. The van der Waals surface area contributed by atoms with Gasteiger partial charge in [0.05, 0.1) is 35.1 Å². The molecule has 0 spiro atoms. The van der Waals surface area contributed by atoms with Gasteiger partial charge in [0.25, 0.3) is 0 Å². The van der Waals surface area contributed by atoms with Gasteiger partial charge in [0.1, 0.15) is 0 Å². The zero-order valence-electron chi connectivity index (χ0n) is 13.1. The third kappa shape index (κ3) is 4.26. The number of nitrogens with two attached hydrogens (primary N) is 1. The molecule has 1 fully saturated rings. The maximum Gasteiger partial charge on any atom is 0.0904 e. The van der Waals surface area contributed by atoms with Gasteiger partial charge in [-0.1, -0.05) is 0 Å². The third-order valence-electron chi connectivity index (χ3n) is 3.84. The van der Waals surface area contributed by atoms with E-state index in [0.717, 1.165) is 23.3 Å². The van der Waals surface area contributed by atoms with E-state index in [1.54, 1.807) is 0 Å². The van der Waals surface area contributed by atoms with Crippen molar-refractivity contribution in [3.8, 4) is 0 Å². The van der Waals surface area contributed by atoms with Gasteiger partial charge >= 0.3 is 0 Å². The lowest BCUT2D eigenvalue weighted by Gasteiger charge is -2.28. The minimum Gasteiger partial charge on any atom is -0.376 e. The number of hydrazine groups is 1. The fraction of sp³-hybridized carbons (Fsp3) is 0.786. The monoisotopic (exact) mass is 359 g/mol. The Hall–Kier alpha value is -0.470. The molecule has 2 atom stereocenters. The second kappa shape index (κ2) is 7.69. The third-order valence-corrected chi connectivity index (χ3v) is 4.45. The molecule has 21 heavy (non-hydrogen) atoms. The Kier molecular flexibility index (Phi) is 6.19. The van der Waals surface area contributed by atoms with Crippen molar-refractivity contribution in [3.63, 3.8) is 0 Å². The van der Waals surface area contributed by atoms with Gasteiger partial charge in [-0.3, -0.25) is 10.5 Å². The van der Waals surface area contributed by atoms with Crippen LogP contribution >= 0.6 is 15.9 Å². The van der Waals surface area contributed by atoms with E-state index in [1.807, 2.05) is 17.8 Å². The SMILES string of the molecule is CCOC(C1CC1)C(NN)c1c(Br)cnn1CCN(C)C. The molecule has 1 aliphatic rings. The van der Waals surface area contributed by atoms with E-state index >= 15 is 0 Å². The lowest BCUT2D eigenvalue weighted by molar-refractivity contribution is 0.0160. The average Bonchev–Trinajstić information content (AvgIpc) is 3.22. The second-order valence-corrected chi connectivity index (χ2v) is 6.66. The molecule has 1 aromatic heterocycles. The molecule has 2 unspecified atom stereocenters. The second-order valence-electron chi connectivity index (χ2n) is 5.81. The number of nitrogens with one attached hydrogen (secondary N) is 1. The zero-order valence-corrected chi connectivity index (χ0v) is 14.6. The van der Waals surface area contributed by atoms with E-state index < -0.39 is 0 Å². The van der Waals surface area contributed by atoms with Gasteiger partial charge in [0.2, 0.25) is 0 Å². The summed E-state index contributed by atoms with van der Waals surface area (Å²) in [6, 6.07) is -0.0449. The number of likely N-dealkylation sites (N-methyl/N-ethyl adjacent to an activating group) is 1. The molecule has 6 nitrogen and oxygen atoms in total. The van der Waals surface area contributed by atoms with E-state index in [2.05, 4.69) is 45.4 Å². The summed E-state index contributed by atoms with van der Waals surface area (Å²) < 4.78 is 8.96. The first-order valence-corrected chi connectivity index (χ1v) is 8.31. The number of rotatable bonds is 9. The molecule has 120 valence electrons. The smallest absolute Gasteiger partial charge is 0.0904 e. The molecule has 3 N–H and O–H groups in total. The molecule has 1 aliphatic carbocycles. The lowest BCUT2D eigenvalue weighted by Crippen LogP contribution is -2.41. The van der Waals surface area contributed by atoms with Crippen LogP contribution in [0, 0.1) is 5.92 Å². The molecule has 0 aliphatic heterocycles. The number of hydrogen-bond acceptors (Lipinski definition) is 5. The highest BCUT2D eigenvalue weighted by molar-refractivity contribution is 9.10. The Bertz CT molecular complexity index is 447. The van der Waals surface area contributed by atoms with Crippen molar-refractivity contribution in [2.45, 2.75) is 38.5 Å². The Morgan fingerprint density at radius 1 is 1.57 bits per heavy atom. The van der Waals surface area contributed by atoms with Crippen LogP contribution in [0.3, 0.4) is 0 Å². The number of halogens is 1. The predicted octanol–water partition coefficient (Wildman–Crippen LogP) is 1.53. The summed E-state index contributed by atoms with van der Waals surface area (Å²) in [6.07, 6.45) is 4.37. The van der Waals surface area contributed by atoms with Gasteiger partial charge in [-0.05, 0) is 55.7 Å². The highest BCUT2D eigenvalue weighted by atomic mass is 79.9. The maximum absolute atomic E-state index is 5.96. The van der Waals surface area contributed by atoms with Crippen LogP contribution in [0.15, 0.2) is 10.7 Å². The van der Waals surface area contributed by atoms with Crippen LogP contribution in [-0.2, 0) is 11.3 Å². The van der Waals surface area contributed by atoms with Crippen molar-refractivity contribution in [2.24, 2.45) is 11.8 Å². The number of nitrogens with zero attached hydrogens (tertiary/aromatic N) is 3. The lowest BCUT2D eigenvalue weighted by atomic mass is 10.0. The molecule has 0 saturated heterocycles. The van der Waals surface area contributed by atoms with E-state index in [1.165, 1.54) is 12.8 Å². The van der Waals surface area contributed by atoms with Gasteiger partial charge < -0.3 is 9.64 Å². The summed E-state index contributed by atoms with van der Waals surface area (Å²) in [4.78, 5) is 2.14.